The van der Waals surface area contributed by atoms with Crippen molar-refractivity contribution in [3.05, 3.63) is 0 Å². The number of carbonyl (C=O) groups excluding carboxylic acids is 1. The first-order valence-corrected chi connectivity index (χ1v) is 7.42. The Balaban J connectivity index is 2.90. The molecule has 0 aromatic rings. The van der Waals surface area contributed by atoms with Gasteiger partial charge in [-0.15, -0.1) is 0 Å². The van der Waals surface area contributed by atoms with E-state index >= 15 is 0 Å². The van der Waals surface area contributed by atoms with Crippen LogP contribution in [0.5, 0.6) is 0 Å². The largest absolute Gasteiger partial charge is 0.461 e. The molecule has 1 saturated heterocycles. The molecule has 0 spiro atoms. The van der Waals surface area contributed by atoms with Gasteiger partial charge in [0, 0.05) is 16.1 Å². The first kappa shape index (κ1) is 12.8. The Morgan fingerprint density at radius 1 is 1.47 bits per heavy atom. The minimum atomic E-state index is -3.63. The van der Waals surface area contributed by atoms with Crippen molar-refractivity contribution in [1.29, 1.82) is 0 Å². The Bertz CT molecular complexity index is 345. The maximum atomic E-state index is 11.2. The van der Waals surface area contributed by atoms with Crippen molar-refractivity contribution in [3.63, 3.8) is 0 Å². The molecule has 0 N–H and O–H groups in total. The number of hydrogen-bond donors (Lipinski definition) is 0. The standard InChI is InChI=1S/C9H15ClO4S/c1-3-9(4-2)5-8(11)14-7(9)6-15(10,12)13/h7H,3-6H2,1-2H3. The Morgan fingerprint density at radius 3 is 2.40 bits per heavy atom. The number of ether oxygens (including phenoxy) is 1. The number of cyclic esters (lactones) is 1. The van der Waals surface area contributed by atoms with Crippen LogP contribution < -0.4 is 0 Å². The summed E-state index contributed by atoms with van der Waals surface area (Å²) in [6, 6.07) is 0. The SMILES string of the molecule is CCC1(CC)CC(=O)OC1CS(=O)(=O)Cl. The van der Waals surface area contributed by atoms with E-state index in [1.54, 1.807) is 0 Å². The summed E-state index contributed by atoms with van der Waals surface area (Å²) in [4.78, 5) is 11.2. The van der Waals surface area contributed by atoms with Crippen molar-refractivity contribution in [2.75, 3.05) is 5.75 Å². The van der Waals surface area contributed by atoms with Crippen LogP contribution in [0.25, 0.3) is 0 Å². The van der Waals surface area contributed by atoms with Gasteiger partial charge < -0.3 is 4.74 Å². The van der Waals surface area contributed by atoms with E-state index in [9.17, 15) is 13.2 Å². The van der Waals surface area contributed by atoms with E-state index in [2.05, 4.69) is 0 Å². The summed E-state index contributed by atoms with van der Waals surface area (Å²) in [5.41, 5.74) is -0.362. The monoisotopic (exact) mass is 254 g/mol. The zero-order valence-corrected chi connectivity index (χ0v) is 10.4. The molecule has 4 nitrogen and oxygen atoms in total. The molecule has 0 aromatic carbocycles. The molecule has 0 amide bonds. The molecule has 1 atom stereocenters. The molecule has 88 valence electrons. The van der Waals surface area contributed by atoms with Crippen LogP contribution in [0.4, 0.5) is 0 Å². The van der Waals surface area contributed by atoms with Crippen molar-refractivity contribution >= 4 is 25.7 Å². The van der Waals surface area contributed by atoms with Gasteiger partial charge in [-0.1, -0.05) is 13.8 Å². The molecule has 0 aliphatic carbocycles. The number of halogens is 1. The molecule has 1 aliphatic heterocycles. The fraction of sp³-hybridized carbons (Fsp3) is 0.889. The Labute approximate surface area is 94.4 Å². The molecule has 1 aliphatic rings. The van der Waals surface area contributed by atoms with Crippen LogP contribution in [0, 0.1) is 5.41 Å². The Kier molecular flexibility index (Phi) is 3.66. The lowest BCUT2D eigenvalue weighted by atomic mass is 9.77. The summed E-state index contributed by atoms with van der Waals surface area (Å²) in [6.07, 6.45) is 1.12. The van der Waals surface area contributed by atoms with Crippen molar-refractivity contribution in [2.24, 2.45) is 5.41 Å². The van der Waals surface area contributed by atoms with Gasteiger partial charge in [0.2, 0.25) is 9.05 Å². The van der Waals surface area contributed by atoms with E-state index in [0.29, 0.717) is 12.8 Å². The zero-order valence-electron chi connectivity index (χ0n) is 8.82. The third-order valence-corrected chi connectivity index (χ3v) is 4.29. The van der Waals surface area contributed by atoms with Crippen LogP contribution >= 0.6 is 10.7 Å². The molecule has 1 unspecified atom stereocenters. The highest BCUT2D eigenvalue weighted by Crippen LogP contribution is 2.42. The lowest BCUT2D eigenvalue weighted by Gasteiger charge is -2.29. The van der Waals surface area contributed by atoms with Crippen LogP contribution in [0.3, 0.4) is 0 Å². The second-order valence-electron chi connectivity index (χ2n) is 3.93. The lowest BCUT2D eigenvalue weighted by molar-refractivity contribution is -0.140. The van der Waals surface area contributed by atoms with E-state index in [4.69, 9.17) is 15.4 Å². The van der Waals surface area contributed by atoms with Crippen molar-refractivity contribution in [1.82, 2.24) is 0 Å². The molecule has 0 saturated carbocycles. The zero-order chi connectivity index (χ0) is 11.7. The molecule has 0 radical (unpaired) electrons. The van der Waals surface area contributed by atoms with E-state index in [1.165, 1.54) is 0 Å². The summed E-state index contributed by atoms with van der Waals surface area (Å²) >= 11 is 0. The van der Waals surface area contributed by atoms with Gasteiger partial charge in [-0.05, 0) is 12.8 Å². The average Bonchev–Trinajstić information content (AvgIpc) is 2.40. The van der Waals surface area contributed by atoms with Gasteiger partial charge >= 0.3 is 5.97 Å². The number of hydrogen-bond acceptors (Lipinski definition) is 4. The molecular weight excluding hydrogens is 240 g/mol. The van der Waals surface area contributed by atoms with Crippen molar-refractivity contribution in [2.45, 2.75) is 39.2 Å². The minimum absolute atomic E-state index is 0.289. The molecule has 0 bridgehead atoms. The van der Waals surface area contributed by atoms with Gasteiger partial charge in [0.25, 0.3) is 0 Å². The lowest BCUT2D eigenvalue weighted by Crippen LogP contribution is -2.34. The molecular formula is C9H15ClO4S. The molecule has 0 aromatic heterocycles. The first-order chi connectivity index (χ1) is 6.83. The summed E-state index contributed by atoms with van der Waals surface area (Å²) in [5, 5.41) is 0. The van der Waals surface area contributed by atoms with Crippen LogP contribution in [0.15, 0.2) is 0 Å². The first-order valence-electron chi connectivity index (χ1n) is 4.95. The number of esters is 1. The topological polar surface area (TPSA) is 60.4 Å². The maximum Gasteiger partial charge on any atom is 0.306 e. The summed E-state index contributed by atoms with van der Waals surface area (Å²) in [6.45, 7) is 3.86. The second-order valence-corrected chi connectivity index (χ2v) is 6.75. The van der Waals surface area contributed by atoms with Gasteiger partial charge in [0.1, 0.15) is 11.9 Å². The van der Waals surface area contributed by atoms with E-state index < -0.39 is 15.2 Å². The van der Waals surface area contributed by atoms with Gasteiger partial charge in [0.15, 0.2) is 0 Å². The second kappa shape index (κ2) is 4.29. The third-order valence-electron chi connectivity index (χ3n) is 3.21. The van der Waals surface area contributed by atoms with Crippen LogP contribution in [-0.4, -0.2) is 26.2 Å². The molecule has 6 heteroatoms. The van der Waals surface area contributed by atoms with Crippen LogP contribution in [0.2, 0.25) is 0 Å². The predicted molar refractivity (Wildman–Crippen MR) is 57.2 cm³/mol. The molecule has 1 heterocycles. The van der Waals surface area contributed by atoms with Gasteiger partial charge in [-0.2, -0.15) is 0 Å². The number of rotatable bonds is 4. The van der Waals surface area contributed by atoms with E-state index in [0.717, 1.165) is 0 Å². The Morgan fingerprint density at radius 2 is 2.00 bits per heavy atom. The summed E-state index contributed by atoms with van der Waals surface area (Å²) in [5.74, 6) is -0.619. The van der Waals surface area contributed by atoms with Gasteiger partial charge in [0.05, 0.1) is 6.42 Å². The Hall–Kier alpha value is -0.290. The fourth-order valence-corrected chi connectivity index (χ4v) is 3.20. The van der Waals surface area contributed by atoms with Crippen LogP contribution in [-0.2, 0) is 18.6 Å². The molecule has 1 rings (SSSR count). The highest BCUT2D eigenvalue weighted by atomic mass is 35.7. The third kappa shape index (κ3) is 2.84. The highest BCUT2D eigenvalue weighted by Gasteiger charge is 2.47. The van der Waals surface area contributed by atoms with Crippen molar-refractivity contribution in [3.8, 4) is 0 Å². The highest BCUT2D eigenvalue weighted by molar-refractivity contribution is 8.13. The minimum Gasteiger partial charge on any atom is -0.461 e. The quantitative estimate of drug-likeness (QED) is 0.566. The van der Waals surface area contributed by atoms with Crippen molar-refractivity contribution < 1.29 is 17.9 Å². The smallest absolute Gasteiger partial charge is 0.306 e. The van der Waals surface area contributed by atoms with Gasteiger partial charge in [-0.3, -0.25) is 4.79 Å². The van der Waals surface area contributed by atoms with Crippen LogP contribution in [0.1, 0.15) is 33.1 Å². The predicted octanol–water partition coefficient (Wildman–Crippen LogP) is 1.68. The van der Waals surface area contributed by atoms with E-state index in [1.807, 2.05) is 13.8 Å². The normalized spacial score (nSPS) is 25.3. The summed E-state index contributed by atoms with van der Waals surface area (Å²) in [7, 11) is 1.56. The molecule has 1 fully saturated rings. The van der Waals surface area contributed by atoms with E-state index in [-0.39, 0.29) is 23.6 Å². The summed E-state index contributed by atoms with van der Waals surface area (Å²) < 4.78 is 27.0. The maximum absolute atomic E-state index is 11.2. The number of carbonyl (C=O) groups is 1. The average molecular weight is 255 g/mol. The molecule has 15 heavy (non-hydrogen) atoms. The fourth-order valence-electron chi connectivity index (χ4n) is 2.07. The van der Waals surface area contributed by atoms with Gasteiger partial charge in [-0.25, -0.2) is 8.42 Å².